The molecule has 0 aliphatic carbocycles. The molecule has 0 atom stereocenters. The topological polar surface area (TPSA) is 76.5 Å². The highest BCUT2D eigenvalue weighted by molar-refractivity contribution is 7.98. The molecule has 5 rings (SSSR count). The van der Waals surface area contributed by atoms with Crippen LogP contribution in [0.25, 0.3) is 6.08 Å². The number of thiocarbonyl (C=S) groups is 1. The van der Waals surface area contributed by atoms with Gasteiger partial charge in [-0.2, -0.15) is 5.10 Å². The highest BCUT2D eigenvalue weighted by Crippen LogP contribution is 2.31. The fraction of sp³-hybridized carbons (Fsp3) is 0.0714. The predicted octanol–water partition coefficient (Wildman–Crippen LogP) is 5.99. The summed E-state index contributed by atoms with van der Waals surface area (Å²) < 4.78 is 7.35. The monoisotopic (exact) mass is 560 g/mol. The van der Waals surface area contributed by atoms with E-state index in [9.17, 15) is 9.59 Å². The van der Waals surface area contributed by atoms with Crippen LogP contribution in [0.1, 0.15) is 11.3 Å². The van der Waals surface area contributed by atoms with E-state index in [2.05, 4.69) is 10.4 Å². The van der Waals surface area contributed by atoms with Gasteiger partial charge in [0, 0.05) is 23.3 Å². The Balaban J connectivity index is 1.41. The minimum atomic E-state index is -0.595. The largest absolute Gasteiger partial charge is 0.457 e. The average Bonchev–Trinajstić information content (AvgIpc) is 3.19. The van der Waals surface area contributed by atoms with E-state index in [1.165, 1.54) is 15.7 Å². The van der Waals surface area contributed by atoms with E-state index < -0.39 is 11.8 Å². The molecule has 0 spiro atoms. The molecule has 1 aromatic heterocycles. The Morgan fingerprint density at radius 2 is 1.61 bits per heavy atom. The summed E-state index contributed by atoms with van der Waals surface area (Å²) >= 11 is 13.4. The van der Waals surface area contributed by atoms with Crippen molar-refractivity contribution in [2.24, 2.45) is 7.05 Å². The number of carbonyl (C=O) groups excluding carboxylic acids is 2. The second-order valence-corrected chi connectivity index (χ2v) is 10.0. The number of ether oxygens (including phenoxy) is 1. The molecule has 2 amide bonds. The summed E-state index contributed by atoms with van der Waals surface area (Å²) in [6.07, 6.45) is 1.48. The summed E-state index contributed by atoms with van der Waals surface area (Å²) in [5.41, 5.74) is 1.56. The van der Waals surface area contributed by atoms with Crippen LogP contribution in [0.5, 0.6) is 11.5 Å². The summed E-state index contributed by atoms with van der Waals surface area (Å²) in [5.74, 6) is 0.637. The molecule has 3 aromatic carbocycles. The molecule has 1 fully saturated rings. The first kappa shape index (κ1) is 25.7. The van der Waals surface area contributed by atoms with Crippen molar-refractivity contribution in [1.82, 2.24) is 15.1 Å². The zero-order valence-electron chi connectivity index (χ0n) is 20.1. The average molecular weight is 561 g/mol. The van der Waals surface area contributed by atoms with Gasteiger partial charge in [0.15, 0.2) is 5.11 Å². The van der Waals surface area contributed by atoms with Gasteiger partial charge < -0.3 is 4.74 Å². The molecule has 10 heteroatoms. The number of hydrogen-bond acceptors (Lipinski definition) is 6. The number of para-hydroxylation sites is 1. The molecule has 190 valence electrons. The second-order valence-electron chi connectivity index (χ2n) is 8.24. The van der Waals surface area contributed by atoms with Crippen molar-refractivity contribution in [3.8, 4) is 11.5 Å². The van der Waals surface area contributed by atoms with Gasteiger partial charge in [0.2, 0.25) is 0 Å². The number of benzene rings is 3. The van der Waals surface area contributed by atoms with Crippen LogP contribution < -0.4 is 15.0 Å². The van der Waals surface area contributed by atoms with E-state index in [0.29, 0.717) is 39.3 Å². The van der Waals surface area contributed by atoms with Crippen LogP contribution in [0.2, 0.25) is 5.15 Å². The minimum absolute atomic E-state index is 0.00832. The van der Waals surface area contributed by atoms with Gasteiger partial charge in [-0.3, -0.25) is 24.5 Å². The fourth-order valence-electron chi connectivity index (χ4n) is 3.81. The van der Waals surface area contributed by atoms with E-state index in [1.54, 1.807) is 43.1 Å². The lowest BCUT2D eigenvalue weighted by atomic mass is 10.1. The van der Waals surface area contributed by atoms with Crippen LogP contribution in [0, 0.1) is 0 Å². The molecule has 1 aliphatic heterocycles. The van der Waals surface area contributed by atoms with Crippen molar-refractivity contribution in [2.75, 3.05) is 4.90 Å². The van der Waals surface area contributed by atoms with E-state index in [4.69, 9.17) is 28.6 Å². The maximum Gasteiger partial charge on any atom is 0.270 e. The molecule has 0 radical (unpaired) electrons. The molecule has 1 aliphatic rings. The Morgan fingerprint density at radius 3 is 2.29 bits per heavy atom. The Morgan fingerprint density at radius 1 is 0.974 bits per heavy atom. The maximum absolute atomic E-state index is 13.5. The zero-order chi connectivity index (χ0) is 26.6. The first-order valence-electron chi connectivity index (χ1n) is 11.5. The van der Waals surface area contributed by atoms with Crippen LogP contribution in [0.3, 0.4) is 0 Å². The quantitative estimate of drug-likeness (QED) is 0.129. The normalized spacial score (nSPS) is 14.6. The molecule has 7 nitrogen and oxygen atoms in total. The number of amides is 2. The van der Waals surface area contributed by atoms with Gasteiger partial charge in [-0.05, 0) is 66.8 Å². The summed E-state index contributed by atoms with van der Waals surface area (Å²) in [5, 5.41) is 7.42. The lowest BCUT2D eigenvalue weighted by Crippen LogP contribution is -2.54. The molecule has 2 heterocycles. The van der Waals surface area contributed by atoms with Gasteiger partial charge in [-0.25, -0.2) is 0 Å². The number of nitrogens with zero attached hydrogens (tertiary/aromatic N) is 3. The number of halogens is 1. The van der Waals surface area contributed by atoms with Crippen molar-refractivity contribution in [3.05, 3.63) is 107 Å². The van der Waals surface area contributed by atoms with Gasteiger partial charge in [0.25, 0.3) is 11.8 Å². The highest BCUT2D eigenvalue weighted by atomic mass is 35.5. The third kappa shape index (κ3) is 5.50. The van der Waals surface area contributed by atoms with Crippen LogP contribution in [-0.2, 0) is 22.4 Å². The van der Waals surface area contributed by atoms with Crippen molar-refractivity contribution in [3.63, 3.8) is 0 Å². The lowest BCUT2D eigenvalue weighted by Gasteiger charge is -2.29. The minimum Gasteiger partial charge on any atom is -0.457 e. The summed E-state index contributed by atoms with van der Waals surface area (Å²) in [6, 6.07) is 26.1. The number of carbonyl (C=O) groups is 2. The van der Waals surface area contributed by atoms with Crippen molar-refractivity contribution < 1.29 is 14.3 Å². The molecule has 1 N–H and O–H groups in total. The zero-order valence-corrected chi connectivity index (χ0v) is 22.5. The molecular formula is C28H21ClN4O3S2. The summed E-state index contributed by atoms with van der Waals surface area (Å²) in [6.45, 7) is 0. The van der Waals surface area contributed by atoms with E-state index in [0.717, 1.165) is 4.90 Å². The molecular weight excluding hydrogens is 540 g/mol. The molecule has 0 saturated carbocycles. The first-order valence-corrected chi connectivity index (χ1v) is 13.3. The van der Waals surface area contributed by atoms with E-state index >= 15 is 0 Å². The van der Waals surface area contributed by atoms with Gasteiger partial charge >= 0.3 is 0 Å². The number of aryl methyl sites for hydroxylation is 1. The number of nitrogens with one attached hydrogen (secondary N) is 1. The van der Waals surface area contributed by atoms with Crippen molar-refractivity contribution in [2.45, 2.75) is 10.6 Å². The van der Waals surface area contributed by atoms with Gasteiger partial charge in [0.05, 0.1) is 11.4 Å². The standard InChI is InChI=1S/C28H21ClN4O3S2/c1-32-25(29)22(24(31-32)17-38-21-10-6-3-7-11-21)16-23-26(34)30-28(37)33(27(23)35)18-12-14-20(15-13-18)36-19-8-4-2-5-9-19/h2-16H,17H2,1H3,(H,30,34,37)/b23-16+. The third-order valence-electron chi connectivity index (χ3n) is 5.67. The third-order valence-corrected chi connectivity index (χ3v) is 7.43. The number of aromatic nitrogens is 2. The van der Waals surface area contributed by atoms with Gasteiger partial charge in [-0.15, -0.1) is 11.8 Å². The summed E-state index contributed by atoms with van der Waals surface area (Å²) in [7, 11) is 1.71. The van der Waals surface area contributed by atoms with Gasteiger partial charge in [-0.1, -0.05) is 48.0 Å². The fourth-order valence-corrected chi connectivity index (χ4v) is 5.16. The van der Waals surface area contributed by atoms with Crippen molar-refractivity contribution in [1.29, 1.82) is 0 Å². The van der Waals surface area contributed by atoms with Crippen LogP contribution >= 0.6 is 35.6 Å². The second kappa shape index (κ2) is 11.2. The Kier molecular flexibility index (Phi) is 7.59. The molecule has 38 heavy (non-hydrogen) atoms. The molecule has 0 unspecified atom stereocenters. The van der Waals surface area contributed by atoms with Crippen LogP contribution in [0.4, 0.5) is 5.69 Å². The number of rotatable bonds is 7. The Hall–Kier alpha value is -3.92. The van der Waals surface area contributed by atoms with E-state index in [-0.39, 0.29) is 10.7 Å². The Labute approximate surface area is 234 Å². The number of thioether (sulfide) groups is 1. The highest BCUT2D eigenvalue weighted by Gasteiger charge is 2.35. The Bertz CT molecular complexity index is 1540. The smallest absolute Gasteiger partial charge is 0.270 e. The number of hydrogen-bond donors (Lipinski definition) is 1. The van der Waals surface area contributed by atoms with Crippen LogP contribution in [-0.4, -0.2) is 26.7 Å². The SMILES string of the molecule is Cn1nc(CSc2ccccc2)c(/C=C2\C(=O)NC(=S)N(c3ccc(Oc4ccccc4)cc3)C2=O)c1Cl. The van der Waals surface area contributed by atoms with Gasteiger partial charge in [0.1, 0.15) is 22.2 Å². The van der Waals surface area contributed by atoms with Crippen molar-refractivity contribution >= 4 is 64.3 Å². The van der Waals surface area contributed by atoms with Crippen LogP contribution in [0.15, 0.2) is 95.4 Å². The number of anilines is 1. The lowest BCUT2D eigenvalue weighted by molar-refractivity contribution is -0.122. The predicted molar refractivity (Wildman–Crippen MR) is 153 cm³/mol. The van der Waals surface area contributed by atoms with E-state index in [1.807, 2.05) is 60.7 Å². The maximum atomic E-state index is 13.5. The molecule has 0 bridgehead atoms. The molecule has 1 saturated heterocycles. The molecule has 4 aromatic rings. The first-order chi connectivity index (χ1) is 18.4. The summed E-state index contributed by atoms with van der Waals surface area (Å²) in [4.78, 5) is 28.7.